The maximum Gasteiger partial charge on any atom is 0.270 e. The van der Waals surface area contributed by atoms with Gasteiger partial charge in [0.25, 0.3) is 5.91 Å². The molecule has 0 radical (unpaired) electrons. The second-order valence-electron chi connectivity index (χ2n) is 6.25. The summed E-state index contributed by atoms with van der Waals surface area (Å²) in [6, 6.07) is 0. The molecule has 7 heteroatoms. The zero-order valence-electron chi connectivity index (χ0n) is 14.8. The molecule has 1 aliphatic heterocycles. The first-order chi connectivity index (χ1) is 11.4. The normalized spacial score (nSPS) is 20.0. The molecule has 0 saturated carbocycles. The van der Waals surface area contributed by atoms with Gasteiger partial charge >= 0.3 is 0 Å². The van der Waals surface area contributed by atoms with E-state index in [9.17, 15) is 4.79 Å². The summed E-state index contributed by atoms with van der Waals surface area (Å²) < 4.78 is 13.1. The molecule has 0 unspecified atom stereocenters. The van der Waals surface area contributed by atoms with E-state index in [1.807, 2.05) is 27.7 Å². The van der Waals surface area contributed by atoms with Gasteiger partial charge in [-0.2, -0.15) is 5.10 Å². The number of carbonyl (C=O) groups excluding carboxylic acids is 1. The number of nitrogens with zero attached hydrogens (tertiary/aromatic N) is 3. The highest BCUT2D eigenvalue weighted by Crippen LogP contribution is 2.31. The van der Waals surface area contributed by atoms with Crippen molar-refractivity contribution >= 4 is 5.91 Å². The van der Waals surface area contributed by atoms with E-state index in [0.29, 0.717) is 36.9 Å². The molecular weight excluding hydrogens is 308 g/mol. The predicted molar refractivity (Wildman–Crippen MR) is 87.7 cm³/mol. The third-order valence-corrected chi connectivity index (χ3v) is 4.32. The minimum atomic E-state index is -0.139. The zero-order chi connectivity index (χ0) is 17.4. The number of ether oxygens (including phenoxy) is 1. The maximum atomic E-state index is 12.8. The average Bonchev–Trinajstić information content (AvgIpc) is 3.04. The van der Waals surface area contributed by atoms with Crippen LogP contribution >= 0.6 is 0 Å². The van der Waals surface area contributed by atoms with Gasteiger partial charge < -0.3 is 14.5 Å². The standard InChI is InChI=1S/C17H24N4O3/c1-6-21-16(13-7-9(2)23-11(4)15(13)20-21)17(22)18-8-14-10(3)19-12(5)24-14/h9,11H,6-8H2,1-5H3,(H,18,22)/t9-,11+/m0/s1. The van der Waals surface area contributed by atoms with Gasteiger partial charge in [0.05, 0.1) is 30.1 Å². The number of carbonyl (C=O) groups is 1. The summed E-state index contributed by atoms with van der Waals surface area (Å²) in [5, 5.41) is 7.51. The van der Waals surface area contributed by atoms with E-state index >= 15 is 0 Å². The molecule has 7 nitrogen and oxygen atoms in total. The highest BCUT2D eigenvalue weighted by Gasteiger charge is 2.31. The monoisotopic (exact) mass is 332 g/mol. The molecule has 130 valence electrons. The highest BCUT2D eigenvalue weighted by molar-refractivity contribution is 5.94. The summed E-state index contributed by atoms with van der Waals surface area (Å²) in [6.45, 7) is 10.6. The molecule has 1 N–H and O–H groups in total. The minimum Gasteiger partial charge on any atom is -0.444 e. The number of fused-ring (bicyclic) bond motifs is 1. The highest BCUT2D eigenvalue weighted by atomic mass is 16.5. The Morgan fingerprint density at radius 1 is 1.38 bits per heavy atom. The molecule has 0 spiro atoms. The second kappa shape index (κ2) is 6.39. The quantitative estimate of drug-likeness (QED) is 0.930. The molecular formula is C17H24N4O3. The van der Waals surface area contributed by atoms with E-state index in [0.717, 1.165) is 17.0 Å². The smallest absolute Gasteiger partial charge is 0.270 e. The Hall–Kier alpha value is -2.15. The van der Waals surface area contributed by atoms with Crippen molar-refractivity contribution in [1.82, 2.24) is 20.1 Å². The molecule has 0 aliphatic carbocycles. The first-order valence-corrected chi connectivity index (χ1v) is 8.36. The molecule has 1 amide bonds. The van der Waals surface area contributed by atoms with Crippen LogP contribution in [0.3, 0.4) is 0 Å². The fourth-order valence-corrected chi connectivity index (χ4v) is 3.26. The Kier molecular flexibility index (Phi) is 4.45. The van der Waals surface area contributed by atoms with Crippen LogP contribution in [0.15, 0.2) is 4.42 Å². The van der Waals surface area contributed by atoms with Crippen molar-refractivity contribution in [2.75, 3.05) is 0 Å². The molecule has 0 aromatic carbocycles. The van der Waals surface area contributed by atoms with Gasteiger partial charge in [0.2, 0.25) is 0 Å². The van der Waals surface area contributed by atoms with Crippen molar-refractivity contribution in [1.29, 1.82) is 0 Å². The van der Waals surface area contributed by atoms with Gasteiger partial charge in [-0.3, -0.25) is 9.48 Å². The SMILES string of the molecule is CCn1nc2c(c1C(=O)NCc1oc(C)nc1C)C[C@H](C)O[C@@H]2C. The van der Waals surface area contributed by atoms with E-state index in [4.69, 9.17) is 9.15 Å². The van der Waals surface area contributed by atoms with Crippen LogP contribution in [0.25, 0.3) is 0 Å². The van der Waals surface area contributed by atoms with Crippen LogP contribution in [0.4, 0.5) is 0 Å². The number of nitrogens with one attached hydrogen (secondary N) is 1. The lowest BCUT2D eigenvalue weighted by molar-refractivity contribution is -0.00712. The first kappa shape index (κ1) is 16.7. The molecule has 2 aromatic heterocycles. The lowest BCUT2D eigenvalue weighted by Gasteiger charge is -2.24. The van der Waals surface area contributed by atoms with Gasteiger partial charge in [-0.25, -0.2) is 4.98 Å². The van der Waals surface area contributed by atoms with Crippen LogP contribution in [-0.4, -0.2) is 26.8 Å². The summed E-state index contributed by atoms with van der Waals surface area (Å²) in [6.07, 6.45) is 0.679. The number of amides is 1. The Bertz CT molecular complexity index is 762. The summed E-state index contributed by atoms with van der Waals surface area (Å²) in [5.74, 6) is 1.15. The van der Waals surface area contributed by atoms with Crippen LogP contribution in [-0.2, 0) is 24.2 Å². The minimum absolute atomic E-state index is 0.0766. The zero-order valence-corrected chi connectivity index (χ0v) is 14.8. The molecule has 1 aliphatic rings. The van der Waals surface area contributed by atoms with Crippen LogP contribution in [0.1, 0.15) is 66.0 Å². The second-order valence-corrected chi connectivity index (χ2v) is 6.25. The molecule has 0 bridgehead atoms. The van der Waals surface area contributed by atoms with Crippen molar-refractivity contribution < 1.29 is 13.9 Å². The molecule has 0 fully saturated rings. The number of hydrogen-bond donors (Lipinski definition) is 1. The third kappa shape index (κ3) is 2.96. The van der Waals surface area contributed by atoms with Crippen LogP contribution < -0.4 is 5.32 Å². The lowest BCUT2D eigenvalue weighted by atomic mass is 9.99. The molecule has 3 heterocycles. The van der Waals surface area contributed by atoms with Crippen molar-refractivity contribution in [3.8, 4) is 0 Å². The summed E-state index contributed by atoms with van der Waals surface area (Å²) in [7, 11) is 0. The predicted octanol–water partition coefficient (Wildman–Crippen LogP) is 2.46. The number of aromatic nitrogens is 3. The van der Waals surface area contributed by atoms with Crippen LogP contribution in [0, 0.1) is 13.8 Å². The Morgan fingerprint density at radius 3 is 2.75 bits per heavy atom. The largest absolute Gasteiger partial charge is 0.444 e. The maximum absolute atomic E-state index is 12.8. The Labute approximate surface area is 141 Å². The van der Waals surface area contributed by atoms with Crippen LogP contribution in [0.5, 0.6) is 0 Å². The topological polar surface area (TPSA) is 82.2 Å². The van der Waals surface area contributed by atoms with Crippen molar-refractivity contribution in [3.05, 3.63) is 34.3 Å². The molecule has 24 heavy (non-hydrogen) atoms. The fourth-order valence-electron chi connectivity index (χ4n) is 3.26. The number of hydrogen-bond acceptors (Lipinski definition) is 5. The van der Waals surface area contributed by atoms with E-state index in [-0.39, 0.29) is 18.1 Å². The molecule has 2 atom stereocenters. The Balaban J connectivity index is 1.85. The number of oxazole rings is 1. The van der Waals surface area contributed by atoms with E-state index in [1.165, 1.54) is 0 Å². The van der Waals surface area contributed by atoms with E-state index < -0.39 is 0 Å². The van der Waals surface area contributed by atoms with Gasteiger partial charge in [-0.15, -0.1) is 0 Å². The van der Waals surface area contributed by atoms with Crippen molar-refractivity contribution in [2.45, 2.75) is 66.3 Å². The molecule has 2 aromatic rings. The third-order valence-electron chi connectivity index (χ3n) is 4.32. The van der Waals surface area contributed by atoms with Gasteiger partial charge in [0.15, 0.2) is 5.89 Å². The molecule has 3 rings (SSSR count). The average molecular weight is 332 g/mol. The number of aryl methyl sites for hydroxylation is 3. The fraction of sp³-hybridized carbons (Fsp3) is 0.588. The summed E-state index contributed by atoms with van der Waals surface area (Å²) >= 11 is 0. The Morgan fingerprint density at radius 2 is 2.12 bits per heavy atom. The van der Waals surface area contributed by atoms with Gasteiger partial charge in [-0.1, -0.05) is 0 Å². The first-order valence-electron chi connectivity index (χ1n) is 8.36. The summed E-state index contributed by atoms with van der Waals surface area (Å²) in [5.41, 5.74) is 3.29. The number of rotatable bonds is 4. The van der Waals surface area contributed by atoms with Crippen molar-refractivity contribution in [2.24, 2.45) is 0 Å². The van der Waals surface area contributed by atoms with E-state index in [2.05, 4.69) is 15.4 Å². The van der Waals surface area contributed by atoms with Gasteiger partial charge in [0.1, 0.15) is 11.5 Å². The van der Waals surface area contributed by atoms with Crippen LogP contribution in [0.2, 0.25) is 0 Å². The summed E-state index contributed by atoms with van der Waals surface area (Å²) in [4.78, 5) is 17.0. The van der Waals surface area contributed by atoms with Crippen molar-refractivity contribution in [3.63, 3.8) is 0 Å². The lowest BCUT2D eigenvalue weighted by Crippen LogP contribution is -2.28. The van der Waals surface area contributed by atoms with Gasteiger partial charge in [0, 0.05) is 25.5 Å². The molecule has 0 saturated heterocycles. The van der Waals surface area contributed by atoms with E-state index in [1.54, 1.807) is 11.6 Å². The van der Waals surface area contributed by atoms with Gasteiger partial charge in [-0.05, 0) is 27.7 Å².